The van der Waals surface area contributed by atoms with Gasteiger partial charge in [-0.1, -0.05) is 28.1 Å². The van der Waals surface area contributed by atoms with Gasteiger partial charge in [-0.15, -0.1) is 0 Å². The molecule has 3 aromatic carbocycles. The van der Waals surface area contributed by atoms with Gasteiger partial charge in [-0.3, -0.25) is 14.9 Å². The number of hydrogen-bond donors (Lipinski definition) is 1. The Morgan fingerprint density at radius 1 is 1.03 bits per heavy atom. The van der Waals surface area contributed by atoms with Crippen LogP contribution in [0.25, 0.3) is 6.08 Å². The first-order valence-corrected chi connectivity index (χ1v) is 12.4. The number of carbonyl (C=O) groups is 3. The number of amides is 4. The van der Waals surface area contributed by atoms with Crippen LogP contribution in [0, 0.1) is 9.39 Å². The summed E-state index contributed by atoms with van der Waals surface area (Å²) in [7, 11) is 0. The number of imide groups is 2. The zero-order chi connectivity index (χ0) is 24.4. The fraction of sp³-hybridized carbons (Fsp3) is 0.0417. The summed E-state index contributed by atoms with van der Waals surface area (Å²) < 4.78 is 21.3. The minimum absolute atomic E-state index is 0.165. The first-order valence-electron chi connectivity index (χ1n) is 9.76. The molecule has 1 aliphatic rings. The highest BCUT2D eigenvalue weighted by atomic mass is 127. The first kappa shape index (κ1) is 24.6. The van der Waals surface area contributed by atoms with E-state index in [1.165, 1.54) is 18.2 Å². The Kier molecular flexibility index (Phi) is 7.48. The van der Waals surface area contributed by atoms with E-state index in [9.17, 15) is 18.8 Å². The summed E-state index contributed by atoms with van der Waals surface area (Å²) in [4.78, 5) is 38.8. The maximum atomic E-state index is 13.4. The molecule has 1 saturated heterocycles. The lowest BCUT2D eigenvalue weighted by Gasteiger charge is -2.26. The van der Waals surface area contributed by atoms with Crippen LogP contribution in [-0.4, -0.2) is 17.8 Å². The second kappa shape index (κ2) is 10.4. The van der Waals surface area contributed by atoms with Gasteiger partial charge in [0.2, 0.25) is 0 Å². The van der Waals surface area contributed by atoms with Gasteiger partial charge < -0.3 is 4.74 Å². The summed E-state index contributed by atoms with van der Waals surface area (Å²) in [5, 5.41) is 2.21. The second-order valence-corrected chi connectivity index (χ2v) is 10.1. The van der Waals surface area contributed by atoms with Crippen molar-refractivity contribution in [2.24, 2.45) is 0 Å². The molecule has 3 aromatic rings. The predicted molar refractivity (Wildman–Crippen MR) is 141 cm³/mol. The lowest BCUT2D eigenvalue weighted by Crippen LogP contribution is -2.54. The molecule has 1 fully saturated rings. The van der Waals surface area contributed by atoms with Crippen molar-refractivity contribution in [1.29, 1.82) is 0 Å². The van der Waals surface area contributed by atoms with Crippen molar-refractivity contribution in [3.05, 3.63) is 95.7 Å². The van der Waals surface area contributed by atoms with Crippen LogP contribution >= 0.6 is 54.5 Å². The van der Waals surface area contributed by atoms with Gasteiger partial charge in [0, 0.05) is 4.47 Å². The molecular formula is C24H14Br2FIN2O4. The molecule has 0 aliphatic carbocycles. The quantitative estimate of drug-likeness (QED) is 0.196. The number of nitrogens with one attached hydrogen (secondary N) is 1. The van der Waals surface area contributed by atoms with Crippen molar-refractivity contribution in [3.8, 4) is 5.75 Å². The number of urea groups is 1. The van der Waals surface area contributed by atoms with E-state index in [0.717, 1.165) is 9.37 Å². The molecule has 0 unspecified atom stereocenters. The minimum Gasteiger partial charge on any atom is -0.487 e. The summed E-state index contributed by atoms with van der Waals surface area (Å²) in [6.45, 7) is 0.165. The van der Waals surface area contributed by atoms with Crippen molar-refractivity contribution in [3.63, 3.8) is 0 Å². The van der Waals surface area contributed by atoms with Crippen LogP contribution in [0.15, 0.2) is 75.2 Å². The van der Waals surface area contributed by atoms with Gasteiger partial charge in [0.15, 0.2) is 0 Å². The van der Waals surface area contributed by atoms with E-state index in [4.69, 9.17) is 4.74 Å². The smallest absolute Gasteiger partial charge is 0.335 e. The minimum atomic E-state index is -0.814. The monoisotopic (exact) mass is 698 g/mol. The molecule has 4 rings (SSSR count). The molecule has 0 spiro atoms. The summed E-state index contributed by atoms with van der Waals surface area (Å²) in [5.74, 6) is -1.31. The molecule has 6 nitrogen and oxygen atoms in total. The molecule has 0 atom stereocenters. The number of halogens is 4. The molecule has 1 heterocycles. The maximum Gasteiger partial charge on any atom is 0.335 e. The Balaban J connectivity index is 1.60. The SMILES string of the molecule is O=C1NC(=O)N(c2ccc(Br)cc2)C(=O)/C1=C/c1cc(Br)c(OCc2cccc(F)c2)c(I)c1. The topological polar surface area (TPSA) is 75.7 Å². The number of carbonyl (C=O) groups excluding carboxylic acids is 3. The summed E-state index contributed by atoms with van der Waals surface area (Å²) in [6.07, 6.45) is 1.42. The molecule has 4 amide bonds. The Labute approximate surface area is 224 Å². The molecule has 0 radical (unpaired) electrons. The van der Waals surface area contributed by atoms with Crippen molar-refractivity contribution >= 4 is 84.1 Å². The van der Waals surface area contributed by atoms with E-state index in [2.05, 4.69) is 59.8 Å². The van der Waals surface area contributed by atoms with Crippen LogP contribution in [0.1, 0.15) is 11.1 Å². The number of rotatable bonds is 5. The molecule has 34 heavy (non-hydrogen) atoms. The van der Waals surface area contributed by atoms with E-state index < -0.39 is 17.8 Å². The fourth-order valence-corrected chi connectivity index (χ4v) is 5.26. The zero-order valence-electron chi connectivity index (χ0n) is 17.2. The molecule has 0 saturated carbocycles. The van der Waals surface area contributed by atoms with E-state index in [0.29, 0.717) is 30.6 Å². The normalized spacial score (nSPS) is 15.0. The average molecular weight is 700 g/mol. The third-order valence-electron chi connectivity index (χ3n) is 4.79. The highest BCUT2D eigenvalue weighted by Crippen LogP contribution is 2.34. The fourth-order valence-electron chi connectivity index (χ4n) is 3.23. The average Bonchev–Trinajstić information content (AvgIpc) is 2.77. The molecular weight excluding hydrogens is 686 g/mol. The number of benzene rings is 3. The lowest BCUT2D eigenvalue weighted by molar-refractivity contribution is -0.122. The van der Waals surface area contributed by atoms with Crippen molar-refractivity contribution < 1.29 is 23.5 Å². The number of nitrogens with zero attached hydrogens (tertiary/aromatic N) is 1. The van der Waals surface area contributed by atoms with Gasteiger partial charge in [0.25, 0.3) is 11.8 Å². The Morgan fingerprint density at radius 3 is 2.44 bits per heavy atom. The van der Waals surface area contributed by atoms with Gasteiger partial charge in [0.05, 0.1) is 13.7 Å². The van der Waals surface area contributed by atoms with Crippen LogP contribution in [0.2, 0.25) is 0 Å². The molecule has 0 bridgehead atoms. The van der Waals surface area contributed by atoms with Crippen LogP contribution in [0.5, 0.6) is 5.75 Å². The molecule has 1 aliphatic heterocycles. The second-order valence-electron chi connectivity index (χ2n) is 7.17. The zero-order valence-corrected chi connectivity index (χ0v) is 22.5. The standard InChI is InChI=1S/C24H14Br2FIN2O4/c25-15-4-6-17(7-5-15)30-23(32)18(22(31)29-24(30)33)9-14-10-19(26)21(20(28)11-14)34-12-13-2-1-3-16(27)8-13/h1-11H,12H2,(H,29,31,33)/b18-9+. The summed E-state index contributed by atoms with van der Waals surface area (Å²) >= 11 is 8.84. The maximum absolute atomic E-state index is 13.4. The van der Waals surface area contributed by atoms with Crippen molar-refractivity contribution in [1.82, 2.24) is 5.32 Å². The Bertz CT molecular complexity index is 1320. The van der Waals surface area contributed by atoms with Gasteiger partial charge >= 0.3 is 6.03 Å². The van der Waals surface area contributed by atoms with Crippen LogP contribution < -0.4 is 15.0 Å². The molecule has 172 valence electrons. The van der Waals surface area contributed by atoms with Gasteiger partial charge in [0.1, 0.15) is 23.7 Å². The third-order valence-corrected chi connectivity index (χ3v) is 6.71. The molecule has 10 heteroatoms. The van der Waals surface area contributed by atoms with Crippen molar-refractivity contribution in [2.45, 2.75) is 6.61 Å². The van der Waals surface area contributed by atoms with E-state index >= 15 is 0 Å². The molecule has 1 N–H and O–H groups in total. The number of barbiturate groups is 1. The third kappa shape index (κ3) is 5.39. The van der Waals surface area contributed by atoms with E-state index in [1.807, 2.05) is 0 Å². The van der Waals surface area contributed by atoms with Crippen molar-refractivity contribution in [2.75, 3.05) is 4.90 Å². The van der Waals surface area contributed by atoms with Gasteiger partial charge in [-0.2, -0.15) is 0 Å². The van der Waals surface area contributed by atoms with Crippen LogP contribution in [-0.2, 0) is 16.2 Å². The highest BCUT2D eigenvalue weighted by Gasteiger charge is 2.36. The largest absolute Gasteiger partial charge is 0.487 e. The number of hydrogen-bond acceptors (Lipinski definition) is 4. The molecule has 0 aromatic heterocycles. The Morgan fingerprint density at radius 2 is 1.76 bits per heavy atom. The number of anilines is 1. The highest BCUT2D eigenvalue weighted by molar-refractivity contribution is 14.1. The summed E-state index contributed by atoms with van der Waals surface area (Å²) in [6, 6.07) is 15.3. The number of ether oxygens (including phenoxy) is 1. The Hall–Kier alpha value is -2.57. The van der Waals surface area contributed by atoms with E-state index in [-0.39, 0.29) is 18.0 Å². The van der Waals surface area contributed by atoms with E-state index in [1.54, 1.807) is 48.5 Å². The summed E-state index contributed by atoms with van der Waals surface area (Å²) in [5.41, 5.74) is 1.38. The first-order chi connectivity index (χ1) is 16.2. The predicted octanol–water partition coefficient (Wildman–Crippen LogP) is 6.20. The van der Waals surface area contributed by atoms with Gasteiger partial charge in [-0.25, -0.2) is 14.1 Å². The van der Waals surface area contributed by atoms with Gasteiger partial charge in [-0.05, 0) is 104 Å². The lowest BCUT2D eigenvalue weighted by atomic mass is 10.1. The van der Waals surface area contributed by atoms with Crippen LogP contribution in [0.3, 0.4) is 0 Å². The van der Waals surface area contributed by atoms with Crippen LogP contribution in [0.4, 0.5) is 14.9 Å².